The minimum absolute atomic E-state index is 0.160. The molecule has 0 aromatic heterocycles. The Morgan fingerprint density at radius 2 is 1.52 bits per heavy atom. The van der Waals surface area contributed by atoms with Crippen LogP contribution in [0.5, 0.6) is 0 Å². The van der Waals surface area contributed by atoms with E-state index in [1.807, 2.05) is 0 Å². The number of nitrogens with two attached hydrogens (primary N) is 1. The first kappa shape index (κ1) is 13.8. The second-order valence-electron chi connectivity index (χ2n) is 5.78. The van der Waals surface area contributed by atoms with Crippen LogP contribution in [0.4, 0.5) is 0 Å². The van der Waals surface area contributed by atoms with E-state index in [9.17, 15) is 0 Å². The molecule has 21 heavy (non-hydrogen) atoms. The Bertz CT molecular complexity index is 745. The van der Waals surface area contributed by atoms with E-state index in [1.165, 1.54) is 27.5 Å². The van der Waals surface area contributed by atoms with Crippen LogP contribution < -0.4 is 5.73 Å². The molecule has 1 unspecified atom stereocenters. The molecule has 0 aliphatic heterocycles. The first-order valence-corrected chi connectivity index (χ1v) is 7.50. The fourth-order valence-electron chi connectivity index (χ4n) is 2.86. The first-order valence-electron chi connectivity index (χ1n) is 7.50. The van der Waals surface area contributed by atoms with E-state index in [0.717, 1.165) is 12.8 Å². The van der Waals surface area contributed by atoms with Gasteiger partial charge in [0.1, 0.15) is 0 Å². The Labute approximate surface area is 126 Å². The highest BCUT2D eigenvalue weighted by atomic mass is 14.6. The zero-order valence-electron chi connectivity index (χ0n) is 12.4. The van der Waals surface area contributed by atoms with Gasteiger partial charge in [-0.2, -0.15) is 0 Å². The van der Waals surface area contributed by atoms with Crippen LogP contribution in [0.2, 0.25) is 0 Å². The molecular weight excluding hydrogens is 254 g/mol. The van der Waals surface area contributed by atoms with Crippen LogP contribution in [0, 0.1) is 6.92 Å². The molecule has 3 aromatic carbocycles. The third-order valence-electron chi connectivity index (χ3n) is 4.06. The van der Waals surface area contributed by atoms with Crippen molar-refractivity contribution in [3.05, 3.63) is 83.4 Å². The molecule has 0 heterocycles. The fraction of sp³-hybridized carbons (Fsp3) is 0.200. The van der Waals surface area contributed by atoms with Crippen molar-refractivity contribution in [3.63, 3.8) is 0 Å². The van der Waals surface area contributed by atoms with Crippen molar-refractivity contribution in [2.75, 3.05) is 0 Å². The molecule has 1 atom stereocenters. The summed E-state index contributed by atoms with van der Waals surface area (Å²) in [5.74, 6) is 0. The van der Waals surface area contributed by atoms with Gasteiger partial charge in [0.15, 0.2) is 0 Å². The van der Waals surface area contributed by atoms with E-state index in [4.69, 9.17) is 5.73 Å². The highest BCUT2D eigenvalue weighted by Gasteiger charge is 2.07. The van der Waals surface area contributed by atoms with Gasteiger partial charge >= 0.3 is 0 Å². The number of fused-ring (bicyclic) bond motifs is 1. The van der Waals surface area contributed by atoms with E-state index in [2.05, 4.69) is 73.7 Å². The molecule has 0 bridgehead atoms. The van der Waals surface area contributed by atoms with Gasteiger partial charge in [0.05, 0.1) is 0 Å². The number of rotatable bonds is 4. The molecule has 0 saturated heterocycles. The predicted molar refractivity (Wildman–Crippen MR) is 90.5 cm³/mol. The van der Waals surface area contributed by atoms with Gasteiger partial charge in [0.25, 0.3) is 0 Å². The minimum atomic E-state index is 0.160. The average molecular weight is 275 g/mol. The number of benzene rings is 3. The quantitative estimate of drug-likeness (QED) is 0.756. The predicted octanol–water partition coefficient (Wildman–Crippen LogP) is 4.26. The lowest BCUT2D eigenvalue weighted by Crippen LogP contribution is -2.25. The first-order chi connectivity index (χ1) is 10.2. The highest BCUT2D eigenvalue weighted by Crippen LogP contribution is 2.17. The van der Waals surface area contributed by atoms with E-state index < -0.39 is 0 Å². The molecule has 3 rings (SSSR count). The Hall–Kier alpha value is -2.12. The molecular formula is C20H21N. The third kappa shape index (κ3) is 3.32. The van der Waals surface area contributed by atoms with Crippen LogP contribution in [0.15, 0.2) is 66.7 Å². The maximum atomic E-state index is 6.35. The topological polar surface area (TPSA) is 26.0 Å². The average Bonchev–Trinajstić information content (AvgIpc) is 2.49. The lowest BCUT2D eigenvalue weighted by molar-refractivity contribution is 0.663. The van der Waals surface area contributed by atoms with Gasteiger partial charge in [-0.25, -0.2) is 0 Å². The molecule has 2 N–H and O–H groups in total. The maximum absolute atomic E-state index is 6.35. The SMILES string of the molecule is Cc1ccccc1CC(N)Cc1ccc2ccccc2c1. The van der Waals surface area contributed by atoms with Gasteiger partial charge in [0, 0.05) is 6.04 Å². The molecule has 1 nitrogen and oxygen atoms in total. The summed E-state index contributed by atoms with van der Waals surface area (Å²) >= 11 is 0. The van der Waals surface area contributed by atoms with Crippen molar-refractivity contribution in [2.45, 2.75) is 25.8 Å². The molecule has 0 fully saturated rings. The number of aryl methyl sites for hydroxylation is 1. The summed E-state index contributed by atoms with van der Waals surface area (Å²) in [4.78, 5) is 0. The highest BCUT2D eigenvalue weighted by molar-refractivity contribution is 5.82. The van der Waals surface area contributed by atoms with Crippen LogP contribution in [0.1, 0.15) is 16.7 Å². The second-order valence-corrected chi connectivity index (χ2v) is 5.78. The molecule has 0 radical (unpaired) electrons. The minimum Gasteiger partial charge on any atom is -0.327 e. The van der Waals surface area contributed by atoms with Crippen molar-refractivity contribution in [2.24, 2.45) is 5.73 Å². The normalized spacial score (nSPS) is 12.5. The van der Waals surface area contributed by atoms with Gasteiger partial charge in [-0.1, -0.05) is 66.7 Å². The number of hydrogen-bond acceptors (Lipinski definition) is 1. The van der Waals surface area contributed by atoms with Crippen molar-refractivity contribution in [1.82, 2.24) is 0 Å². The lowest BCUT2D eigenvalue weighted by atomic mass is 9.96. The van der Waals surface area contributed by atoms with Crippen molar-refractivity contribution < 1.29 is 0 Å². The van der Waals surface area contributed by atoms with E-state index >= 15 is 0 Å². The largest absolute Gasteiger partial charge is 0.327 e. The zero-order chi connectivity index (χ0) is 14.7. The maximum Gasteiger partial charge on any atom is 0.0120 e. The van der Waals surface area contributed by atoms with Crippen LogP contribution in [0.3, 0.4) is 0 Å². The van der Waals surface area contributed by atoms with Crippen LogP contribution in [-0.4, -0.2) is 6.04 Å². The van der Waals surface area contributed by atoms with E-state index in [-0.39, 0.29) is 6.04 Å². The molecule has 0 amide bonds. The Kier molecular flexibility index (Phi) is 4.03. The summed E-state index contributed by atoms with van der Waals surface area (Å²) in [6, 6.07) is 23.8. The van der Waals surface area contributed by atoms with E-state index in [1.54, 1.807) is 0 Å². The third-order valence-corrected chi connectivity index (χ3v) is 4.06. The Morgan fingerprint density at radius 1 is 0.810 bits per heavy atom. The molecule has 3 aromatic rings. The molecule has 0 spiro atoms. The van der Waals surface area contributed by atoms with Gasteiger partial charge in [-0.3, -0.25) is 0 Å². The van der Waals surface area contributed by atoms with Crippen LogP contribution in [0.25, 0.3) is 10.8 Å². The number of hydrogen-bond donors (Lipinski definition) is 1. The molecule has 0 aliphatic carbocycles. The van der Waals surface area contributed by atoms with Gasteiger partial charge in [0.2, 0.25) is 0 Å². The standard InChI is InChI=1S/C20H21N/c1-15-6-2-3-8-18(15)14-20(21)13-16-10-11-17-7-4-5-9-19(17)12-16/h2-12,20H,13-14,21H2,1H3. The van der Waals surface area contributed by atoms with Gasteiger partial charge in [-0.15, -0.1) is 0 Å². The zero-order valence-corrected chi connectivity index (χ0v) is 12.4. The van der Waals surface area contributed by atoms with Crippen LogP contribution >= 0.6 is 0 Å². The van der Waals surface area contributed by atoms with Crippen LogP contribution in [-0.2, 0) is 12.8 Å². The monoisotopic (exact) mass is 275 g/mol. The molecule has 0 aliphatic rings. The summed E-state index contributed by atoms with van der Waals surface area (Å²) in [5, 5.41) is 2.58. The smallest absolute Gasteiger partial charge is 0.0120 e. The van der Waals surface area contributed by atoms with Crippen molar-refractivity contribution in [3.8, 4) is 0 Å². The van der Waals surface area contributed by atoms with E-state index in [0.29, 0.717) is 0 Å². The second kappa shape index (κ2) is 6.11. The lowest BCUT2D eigenvalue weighted by Gasteiger charge is -2.14. The summed E-state index contributed by atoms with van der Waals surface area (Å²) in [7, 11) is 0. The summed E-state index contributed by atoms with van der Waals surface area (Å²) in [6.07, 6.45) is 1.85. The van der Waals surface area contributed by atoms with Crippen molar-refractivity contribution in [1.29, 1.82) is 0 Å². The summed E-state index contributed by atoms with van der Waals surface area (Å²) in [6.45, 7) is 2.15. The Morgan fingerprint density at radius 3 is 2.33 bits per heavy atom. The fourth-order valence-corrected chi connectivity index (χ4v) is 2.86. The summed E-state index contributed by atoms with van der Waals surface area (Å²) < 4.78 is 0. The summed E-state index contributed by atoms with van der Waals surface area (Å²) in [5.41, 5.74) is 10.3. The molecule has 1 heteroatoms. The van der Waals surface area contributed by atoms with Crippen molar-refractivity contribution >= 4 is 10.8 Å². The Balaban J connectivity index is 1.74. The molecule has 0 saturated carbocycles. The van der Waals surface area contributed by atoms with Gasteiger partial charge in [-0.05, 0) is 47.2 Å². The molecule has 106 valence electrons. The van der Waals surface area contributed by atoms with Gasteiger partial charge < -0.3 is 5.73 Å².